The Morgan fingerprint density at radius 3 is 2.46 bits per heavy atom. The van der Waals surface area contributed by atoms with Crippen molar-refractivity contribution in [3.63, 3.8) is 0 Å². The van der Waals surface area contributed by atoms with Crippen LogP contribution in [0.3, 0.4) is 0 Å². The molecule has 10 nitrogen and oxygen atoms in total. The first-order valence-electron chi connectivity index (χ1n) is 11.9. The first kappa shape index (κ1) is 26.2. The Labute approximate surface area is 211 Å². The third kappa shape index (κ3) is 4.67. The molecule has 198 valence electrons. The summed E-state index contributed by atoms with van der Waals surface area (Å²) in [5, 5.41) is 15.9. The van der Waals surface area contributed by atoms with Crippen LogP contribution in [0.2, 0.25) is 0 Å². The van der Waals surface area contributed by atoms with E-state index in [0.29, 0.717) is 24.0 Å². The SMILES string of the molecule is Cc1cc(CNC(=O)c2nc3n(c(=O)c2O)CC2(CF)CCC3(NC(=O)C(=O)N(C)C)CC2)ccc1F. The van der Waals surface area contributed by atoms with Gasteiger partial charge < -0.3 is 20.6 Å². The number of rotatable bonds is 5. The minimum atomic E-state index is -1.31. The average molecular weight is 518 g/mol. The number of aryl methyl sites for hydroxylation is 1. The van der Waals surface area contributed by atoms with Crippen LogP contribution in [0.4, 0.5) is 8.78 Å². The first-order valence-corrected chi connectivity index (χ1v) is 11.9. The summed E-state index contributed by atoms with van der Waals surface area (Å²) in [5.74, 6) is -3.91. The first-order chi connectivity index (χ1) is 17.4. The van der Waals surface area contributed by atoms with E-state index in [9.17, 15) is 33.1 Å². The lowest BCUT2D eigenvalue weighted by Gasteiger charge is -2.40. The maximum Gasteiger partial charge on any atom is 0.311 e. The molecule has 3 heterocycles. The van der Waals surface area contributed by atoms with E-state index in [4.69, 9.17) is 0 Å². The lowest BCUT2D eigenvalue weighted by molar-refractivity contribution is -0.145. The fourth-order valence-electron chi connectivity index (χ4n) is 5.05. The molecule has 0 atom stereocenters. The molecule has 37 heavy (non-hydrogen) atoms. The van der Waals surface area contributed by atoms with Crippen LogP contribution in [0, 0.1) is 18.2 Å². The van der Waals surface area contributed by atoms with Crippen LogP contribution in [0.5, 0.6) is 5.75 Å². The van der Waals surface area contributed by atoms with Crippen LogP contribution in [0.1, 0.15) is 53.1 Å². The zero-order valence-corrected chi connectivity index (χ0v) is 20.9. The number of hydrogen-bond acceptors (Lipinski definition) is 6. The summed E-state index contributed by atoms with van der Waals surface area (Å²) in [6, 6.07) is 4.30. The highest BCUT2D eigenvalue weighted by Crippen LogP contribution is 2.49. The van der Waals surface area contributed by atoms with Crippen LogP contribution in [0.15, 0.2) is 23.0 Å². The van der Waals surface area contributed by atoms with Gasteiger partial charge >= 0.3 is 11.8 Å². The summed E-state index contributed by atoms with van der Waals surface area (Å²) in [6.07, 6.45) is 0.983. The van der Waals surface area contributed by atoms with Gasteiger partial charge in [-0.3, -0.25) is 28.1 Å². The van der Waals surface area contributed by atoms with Gasteiger partial charge in [0.2, 0.25) is 5.75 Å². The lowest BCUT2D eigenvalue weighted by atomic mass is 9.69. The molecule has 1 aliphatic carbocycles. The molecule has 0 radical (unpaired) electrons. The zero-order valence-electron chi connectivity index (χ0n) is 20.9. The highest BCUT2D eigenvalue weighted by Gasteiger charge is 2.52. The second-order valence-corrected chi connectivity index (χ2v) is 10.2. The van der Waals surface area contributed by atoms with Crippen molar-refractivity contribution in [1.82, 2.24) is 25.1 Å². The largest absolute Gasteiger partial charge is 0.501 e. The molecule has 1 aromatic heterocycles. The Kier molecular flexibility index (Phi) is 6.78. The number of alkyl halides is 1. The van der Waals surface area contributed by atoms with Gasteiger partial charge in [0.1, 0.15) is 11.6 Å². The molecule has 2 bridgehead atoms. The molecule has 1 saturated carbocycles. The number of amides is 3. The van der Waals surface area contributed by atoms with Gasteiger partial charge in [0.25, 0.3) is 11.5 Å². The van der Waals surface area contributed by atoms with E-state index in [2.05, 4.69) is 15.6 Å². The summed E-state index contributed by atoms with van der Waals surface area (Å²) in [5.41, 5.74) is -2.72. The Morgan fingerprint density at radius 2 is 1.86 bits per heavy atom. The van der Waals surface area contributed by atoms with Crippen LogP contribution < -0.4 is 16.2 Å². The van der Waals surface area contributed by atoms with E-state index < -0.39 is 58.2 Å². The standard InChI is InChI=1S/C25H29F2N5O5/c1-14-10-15(4-5-16(14)27)11-28-19(34)17-18(33)21(36)32-13-24(12-26)6-8-25(9-7-24,23(32)29-17)30-20(35)22(37)31(2)3/h4-5,10,33H,6-9,11-13H2,1-3H3,(H,28,34)(H,30,35). The van der Waals surface area contributed by atoms with E-state index >= 15 is 0 Å². The Balaban J connectivity index is 1.74. The number of carbonyl (C=O) groups excluding carboxylic acids is 3. The molecule has 5 rings (SSSR count). The summed E-state index contributed by atoms with van der Waals surface area (Å²) in [7, 11) is 2.84. The van der Waals surface area contributed by atoms with Gasteiger partial charge in [0, 0.05) is 32.6 Å². The number of likely N-dealkylation sites (N-methyl/N-ethyl adjacent to an activating group) is 1. The molecule has 12 heteroatoms. The molecule has 3 aliphatic rings. The van der Waals surface area contributed by atoms with Crippen molar-refractivity contribution in [1.29, 1.82) is 0 Å². The number of fused-ring (bicyclic) bond motifs is 2. The molecular formula is C25H29F2N5O5. The van der Waals surface area contributed by atoms with Gasteiger partial charge in [-0.15, -0.1) is 0 Å². The number of aromatic hydroxyl groups is 1. The molecule has 2 aromatic rings. The minimum Gasteiger partial charge on any atom is -0.501 e. The number of nitrogens with zero attached hydrogens (tertiary/aromatic N) is 3. The molecule has 0 unspecified atom stereocenters. The molecule has 1 fully saturated rings. The number of halogens is 2. The third-order valence-corrected chi connectivity index (χ3v) is 7.36. The van der Waals surface area contributed by atoms with E-state index in [-0.39, 0.29) is 31.8 Å². The fourth-order valence-corrected chi connectivity index (χ4v) is 5.05. The predicted octanol–water partition coefficient (Wildman–Crippen LogP) is 1.27. The van der Waals surface area contributed by atoms with Crippen molar-refractivity contribution in [2.24, 2.45) is 5.41 Å². The smallest absolute Gasteiger partial charge is 0.311 e. The Morgan fingerprint density at radius 1 is 1.19 bits per heavy atom. The van der Waals surface area contributed by atoms with Crippen molar-refractivity contribution < 1.29 is 28.3 Å². The number of hydrogen-bond donors (Lipinski definition) is 3. The van der Waals surface area contributed by atoms with E-state index in [0.717, 1.165) is 9.47 Å². The van der Waals surface area contributed by atoms with Crippen LogP contribution in [0.25, 0.3) is 0 Å². The molecular weight excluding hydrogens is 488 g/mol. The minimum absolute atomic E-state index is 0.00851. The maximum absolute atomic E-state index is 14.2. The second kappa shape index (κ2) is 9.56. The normalized spacial score (nSPS) is 22.1. The van der Waals surface area contributed by atoms with Gasteiger partial charge in [-0.2, -0.15) is 0 Å². The molecule has 3 amide bonds. The molecule has 0 spiro atoms. The van der Waals surface area contributed by atoms with Gasteiger partial charge in [-0.25, -0.2) is 9.37 Å². The molecule has 2 aliphatic heterocycles. The van der Waals surface area contributed by atoms with Crippen molar-refractivity contribution >= 4 is 17.7 Å². The van der Waals surface area contributed by atoms with E-state index in [1.165, 1.54) is 26.2 Å². The number of carbonyl (C=O) groups is 3. The topological polar surface area (TPSA) is 134 Å². The summed E-state index contributed by atoms with van der Waals surface area (Å²) in [4.78, 5) is 56.7. The zero-order chi connectivity index (χ0) is 27.1. The third-order valence-electron chi connectivity index (χ3n) is 7.36. The lowest BCUT2D eigenvalue weighted by Crippen LogP contribution is -2.54. The summed E-state index contributed by atoms with van der Waals surface area (Å²) >= 11 is 0. The second-order valence-electron chi connectivity index (χ2n) is 10.2. The van der Waals surface area contributed by atoms with E-state index in [1.54, 1.807) is 13.0 Å². The van der Waals surface area contributed by atoms with Crippen LogP contribution in [-0.2, 0) is 28.2 Å². The van der Waals surface area contributed by atoms with Crippen LogP contribution >= 0.6 is 0 Å². The molecule has 3 N–H and O–H groups in total. The average Bonchev–Trinajstić information content (AvgIpc) is 3.09. The maximum atomic E-state index is 14.2. The van der Waals surface area contributed by atoms with Crippen molar-refractivity contribution in [3.05, 3.63) is 57.0 Å². The van der Waals surface area contributed by atoms with E-state index in [1.807, 2.05) is 0 Å². The van der Waals surface area contributed by atoms with Crippen molar-refractivity contribution in [3.8, 4) is 5.75 Å². The molecule has 0 saturated heterocycles. The monoisotopic (exact) mass is 517 g/mol. The number of aromatic nitrogens is 2. The number of nitrogens with one attached hydrogen (secondary N) is 2. The quantitative estimate of drug-likeness (QED) is 0.512. The number of benzene rings is 1. The molecule has 1 aromatic carbocycles. The van der Waals surface area contributed by atoms with Crippen molar-refractivity contribution in [2.45, 2.75) is 51.2 Å². The fraction of sp³-hybridized carbons (Fsp3) is 0.480. The summed E-state index contributed by atoms with van der Waals surface area (Å²) < 4.78 is 28.8. The van der Waals surface area contributed by atoms with Crippen molar-refractivity contribution in [2.75, 3.05) is 20.8 Å². The highest BCUT2D eigenvalue weighted by molar-refractivity contribution is 6.35. The Bertz CT molecular complexity index is 1330. The Hall–Kier alpha value is -3.83. The predicted molar refractivity (Wildman–Crippen MR) is 128 cm³/mol. The highest BCUT2D eigenvalue weighted by atomic mass is 19.1. The van der Waals surface area contributed by atoms with Crippen LogP contribution in [-0.4, -0.2) is 58.0 Å². The van der Waals surface area contributed by atoms with Gasteiger partial charge in [-0.1, -0.05) is 12.1 Å². The van der Waals surface area contributed by atoms with Gasteiger partial charge in [-0.05, 0) is 49.8 Å². The summed E-state index contributed by atoms with van der Waals surface area (Å²) in [6.45, 7) is 0.743. The van der Waals surface area contributed by atoms with Gasteiger partial charge in [0.05, 0.1) is 12.2 Å². The van der Waals surface area contributed by atoms with Gasteiger partial charge in [0.15, 0.2) is 5.69 Å².